The second-order valence-corrected chi connectivity index (χ2v) is 5.97. The predicted octanol–water partition coefficient (Wildman–Crippen LogP) is 1.55. The third-order valence-corrected chi connectivity index (χ3v) is 4.21. The van der Waals surface area contributed by atoms with E-state index in [0.717, 1.165) is 37.0 Å². The molecule has 2 N–H and O–H groups in total. The van der Waals surface area contributed by atoms with Gasteiger partial charge < -0.3 is 10.6 Å². The zero-order chi connectivity index (χ0) is 15.2. The summed E-state index contributed by atoms with van der Waals surface area (Å²) in [7, 11) is 0. The van der Waals surface area contributed by atoms with Crippen molar-refractivity contribution < 1.29 is 14.4 Å². The molecule has 0 aromatic rings. The third kappa shape index (κ3) is 4.19. The number of rotatable bonds is 5. The summed E-state index contributed by atoms with van der Waals surface area (Å²) in [5.41, 5.74) is 0. The molecule has 2 fully saturated rings. The highest BCUT2D eigenvalue weighted by molar-refractivity contribution is 6.06. The van der Waals surface area contributed by atoms with Crippen molar-refractivity contribution in [1.29, 1.82) is 0 Å². The number of urea groups is 1. The molecule has 1 saturated heterocycles. The molecule has 1 aliphatic carbocycles. The van der Waals surface area contributed by atoms with Gasteiger partial charge in [0.1, 0.15) is 12.6 Å². The smallest absolute Gasteiger partial charge is 0.325 e. The number of nitrogens with one attached hydrogen (secondary N) is 2. The number of hydrogen-bond donors (Lipinski definition) is 2. The summed E-state index contributed by atoms with van der Waals surface area (Å²) in [4.78, 5) is 36.9. The van der Waals surface area contributed by atoms with Crippen molar-refractivity contribution in [3.63, 3.8) is 0 Å². The molecule has 2 aliphatic rings. The molecule has 118 valence electrons. The molecule has 1 aliphatic heterocycles. The van der Waals surface area contributed by atoms with Crippen LogP contribution in [0.15, 0.2) is 0 Å². The van der Waals surface area contributed by atoms with Gasteiger partial charge in [0.05, 0.1) is 0 Å². The van der Waals surface area contributed by atoms with E-state index in [1.54, 1.807) is 0 Å². The van der Waals surface area contributed by atoms with E-state index in [0.29, 0.717) is 6.42 Å². The first kappa shape index (κ1) is 15.8. The number of imide groups is 1. The zero-order valence-corrected chi connectivity index (χ0v) is 12.7. The van der Waals surface area contributed by atoms with Crippen molar-refractivity contribution in [2.24, 2.45) is 0 Å². The molecular weight excluding hydrogens is 270 g/mol. The van der Waals surface area contributed by atoms with Crippen molar-refractivity contribution in [3.8, 4) is 0 Å². The van der Waals surface area contributed by atoms with E-state index in [1.807, 2.05) is 6.92 Å². The topological polar surface area (TPSA) is 78.5 Å². The average Bonchev–Trinajstić information content (AvgIpc) is 2.65. The van der Waals surface area contributed by atoms with Crippen LogP contribution < -0.4 is 10.6 Å². The fraction of sp³-hybridized carbons (Fsp3) is 0.800. The van der Waals surface area contributed by atoms with Crippen molar-refractivity contribution in [1.82, 2.24) is 15.5 Å². The van der Waals surface area contributed by atoms with Crippen LogP contribution in [-0.2, 0) is 9.59 Å². The molecule has 0 aromatic heterocycles. The van der Waals surface area contributed by atoms with Crippen molar-refractivity contribution >= 4 is 17.8 Å². The Kier molecular flexibility index (Phi) is 5.59. The van der Waals surface area contributed by atoms with Crippen LogP contribution >= 0.6 is 0 Å². The summed E-state index contributed by atoms with van der Waals surface area (Å²) in [6, 6.07) is -0.727. The lowest BCUT2D eigenvalue weighted by molar-refractivity contribution is -0.132. The van der Waals surface area contributed by atoms with Gasteiger partial charge in [0, 0.05) is 6.04 Å². The van der Waals surface area contributed by atoms with Crippen LogP contribution in [0.1, 0.15) is 58.3 Å². The van der Waals surface area contributed by atoms with E-state index in [4.69, 9.17) is 0 Å². The van der Waals surface area contributed by atoms with Crippen molar-refractivity contribution in [3.05, 3.63) is 0 Å². The fourth-order valence-electron chi connectivity index (χ4n) is 3.05. The molecule has 0 bridgehead atoms. The molecule has 1 unspecified atom stereocenters. The SMILES string of the molecule is CCCC1NC(=O)N(CC(=O)NC2CCCCCC2)C1=O. The normalized spacial score (nSPS) is 23.9. The average molecular weight is 295 g/mol. The van der Waals surface area contributed by atoms with E-state index in [9.17, 15) is 14.4 Å². The number of amides is 4. The summed E-state index contributed by atoms with van der Waals surface area (Å²) in [5, 5.41) is 5.59. The molecule has 4 amide bonds. The summed E-state index contributed by atoms with van der Waals surface area (Å²) in [6.45, 7) is 1.79. The molecular formula is C15H25N3O3. The van der Waals surface area contributed by atoms with Crippen LogP contribution in [0.25, 0.3) is 0 Å². The van der Waals surface area contributed by atoms with E-state index < -0.39 is 12.1 Å². The number of nitrogens with zero attached hydrogens (tertiary/aromatic N) is 1. The van der Waals surface area contributed by atoms with Crippen LogP contribution in [0.4, 0.5) is 4.79 Å². The minimum Gasteiger partial charge on any atom is -0.352 e. The van der Waals surface area contributed by atoms with Gasteiger partial charge >= 0.3 is 6.03 Å². The van der Waals surface area contributed by atoms with Gasteiger partial charge in [-0.25, -0.2) is 4.79 Å². The van der Waals surface area contributed by atoms with Gasteiger partial charge in [-0.15, -0.1) is 0 Å². The highest BCUT2D eigenvalue weighted by atomic mass is 16.2. The molecule has 0 radical (unpaired) electrons. The monoisotopic (exact) mass is 295 g/mol. The maximum absolute atomic E-state index is 12.1. The van der Waals surface area contributed by atoms with Gasteiger partial charge in [-0.05, 0) is 19.3 Å². The molecule has 0 aromatic carbocycles. The van der Waals surface area contributed by atoms with Crippen LogP contribution in [0.2, 0.25) is 0 Å². The lowest BCUT2D eigenvalue weighted by Gasteiger charge is -2.18. The first-order valence-corrected chi connectivity index (χ1v) is 8.03. The van der Waals surface area contributed by atoms with Crippen LogP contribution in [0.3, 0.4) is 0 Å². The van der Waals surface area contributed by atoms with Crippen LogP contribution in [0, 0.1) is 0 Å². The zero-order valence-electron chi connectivity index (χ0n) is 12.7. The van der Waals surface area contributed by atoms with Gasteiger partial charge in [-0.1, -0.05) is 39.0 Å². The molecule has 1 atom stereocenters. The molecule has 6 heteroatoms. The molecule has 1 saturated carbocycles. The summed E-state index contributed by atoms with van der Waals surface area (Å²) < 4.78 is 0. The largest absolute Gasteiger partial charge is 0.352 e. The molecule has 21 heavy (non-hydrogen) atoms. The Balaban J connectivity index is 1.84. The Morgan fingerprint density at radius 2 is 1.90 bits per heavy atom. The Hall–Kier alpha value is -1.59. The highest BCUT2D eigenvalue weighted by Crippen LogP contribution is 2.17. The number of carbonyl (C=O) groups is 3. The van der Waals surface area contributed by atoms with Gasteiger partial charge in [0.2, 0.25) is 5.91 Å². The van der Waals surface area contributed by atoms with Gasteiger partial charge in [0.25, 0.3) is 5.91 Å². The minimum atomic E-state index is -0.465. The Labute approximate surface area is 125 Å². The van der Waals surface area contributed by atoms with E-state index in [-0.39, 0.29) is 24.4 Å². The highest BCUT2D eigenvalue weighted by Gasteiger charge is 2.38. The maximum atomic E-state index is 12.1. The fourth-order valence-corrected chi connectivity index (χ4v) is 3.05. The maximum Gasteiger partial charge on any atom is 0.325 e. The molecule has 1 heterocycles. The number of carbonyl (C=O) groups excluding carboxylic acids is 3. The van der Waals surface area contributed by atoms with Gasteiger partial charge in [0.15, 0.2) is 0 Å². The standard InChI is InChI=1S/C15H25N3O3/c1-2-7-12-14(20)18(15(21)17-12)10-13(19)16-11-8-5-3-4-6-9-11/h11-12H,2-10H2,1H3,(H,16,19)(H,17,21). The minimum absolute atomic E-state index is 0.165. The third-order valence-electron chi connectivity index (χ3n) is 4.21. The van der Waals surface area contributed by atoms with Crippen LogP contribution in [-0.4, -0.2) is 41.4 Å². The summed E-state index contributed by atoms with van der Waals surface area (Å²) >= 11 is 0. The Bertz CT molecular complexity index is 403. The number of hydrogen-bond acceptors (Lipinski definition) is 3. The molecule has 6 nitrogen and oxygen atoms in total. The summed E-state index contributed by atoms with van der Waals surface area (Å²) in [6.07, 6.45) is 8.12. The predicted molar refractivity (Wildman–Crippen MR) is 78.6 cm³/mol. The van der Waals surface area contributed by atoms with E-state index >= 15 is 0 Å². The first-order valence-electron chi connectivity index (χ1n) is 8.03. The quantitative estimate of drug-likeness (QED) is 0.596. The van der Waals surface area contributed by atoms with E-state index in [1.165, 1.54) is 12.8 Å². The Morgan fingerprint density at radius 3 is 2.52 bits per heavy atom. The van der Waals surface area contributed by atoms with Crippen molar-refractivity contribution in [2.75, 3.05) is 6.54 Å². The molecule has 2 rings (SSSR count). The second kappa shape index (κ2) is 7.43. The first-order chi connectivity index (χ1) is 10.1. The van der Waals surface area contributed by atoms with Crippen LogP contribution in [0.5, 0.6) is 0 Å². The van der Waals surface area contributed by atoms with Crippen molar-refractivity contribution in [2.45, 2.75) is 70.4 Å². The lowest BCUT2D eigenvalue weighted by Crippen LogP contribution is -2.44. The molecule has 0 spiro atoms. The Morgan fingerprint density at radius 1 is 1.24 bits per heavy atom. The second-order valence-electron chi connectivity index (χ2n) is 5.97. The summed E-state index contributed by atoms with van der Waals surface area (Å²) in [5.74, 6) is -0.514. The van der Waals surface area contributed by atoms with Gasteiger partial charge in [-0.3, -0.25) is 14.5 Å². The van der Waals surface area contributed by atoms with Gasteiger partial charge in [-0.2, -0.15) is 0 Å². The lowest BCUT2D eigenvalue weighted by atomic mass is 10.1. The van der Waals surface area contributed by atoms with E-state index in [2.05, 4.69) is 10.6 Å².